The summed E-state index contributed by atoms with van der Waals surface area (Å²) in [5.41, 5.74) is 3.52. The predicted molar refractivity (Wildman–Crippen MR) is 94.1 cm³/mol. The summed E-state index contributed by atoms with van der Waals surface area (Å²) in [7, 11) is 0. The lowest BCUT2D eigenvalue weighted by atomic mass is 10.1. The molecule has 0 aliphatic carbocycles. The van der Waals surface area contributed by atoms with E-state index in [0.29, 0.717) is 15.1 Å². The summed E-state index contributed by atoms with van der Waals surface area (Å²) in [5, 5.41) is 3.86. The molecule has 0 atom stereocenters. The summed E-state index contributed by atoms with van der Waals surface area (Å²) in [6, 6.07) is 13.1. The molecule has 108 valence electrons. The highest BCUT2D eigenvalue weighted by atomic mass is 35.5. The van der Waals surface area contributed by atoms with Crippen LogP contribution in [0.25, 0.3) is 33.1 Å². The van der Waals surface area contributed by atoms with Gasteiger partial charge in [-0.15, -0.1) is 0 Å². The fourth-order valence-electron chi connectivity index (χ4n) is 2.60. The first kappa shape index (κ1) is 13.9. The predicted octanol–water partition coefficient (Wildman–Crippen LogP) is 6.34. The number of hydrogen-bond donors (Lipinski definition) is 1. The Balaban J connectivity index is 2.01. The van der Waals surface area contributed by atoms with Crippen LogP contribution in [0.2, 0.25) is 15.1 Å². The van der Waals surface area contributed by atoms with Crippen LogP contribution in [0.5, 0.6) is 0 Å². The number of aromatic amines is 1. The number of aromatic nitrogens is 2. The van der Waals surface area contributed by atoms with Gasteiger partial charge in [-0.25, -0.2) is 4.98 Å². The fraction of sp³-hybridized carbons (Fsp3) is 0. The molecule has 2 nitrogen and oxygen atoms in total. The van der Waals surface area contributed by atoms with Crippen molar-refractivity contribution >= 4 is 56.6 Å². The summed E-state index contributed by atoms with van der Waals surface area (Å²) in [6.45, 7) is 0. The number of rotatable bonds is 1. The summed E-state index contributed by atoms with van der Waals surface area (Å²) < 4.78 is 0. The van der Waals surface area contributed by atoms with Gasteiger partial charge in [0.1, 0.15) is 0 Å². The van der Waals surface area contributed by atoms with Crippen molar-refractivity contribution in [1.82, 2.24) is 9.97 Å². The summed E-state index contributed by atoms with van der Waals surface area (Å²) >= 11 is 18.6. The molecule has 0 radical (unpaired) electrons. The molecular weight excluding hydrogens is 339 g/mol. The molecule has 0 spiro atoms. The molecule has 1 N–H and O–H groups in total. The molecule has 2 aromatic carbocycles. The Morgan fingerprint density at radius 3 is 2.45 bits per heavy atom. The molecule has 0 saturated heterocycles. The lowest BCUT2D eigenvalue weighted by Crippen LogP contribution is -1.86. The summed E-state index contributed by atoms with van der Waals surface area (Å²) in [5.74, 6) is 0. The number of pyridine rings is 1. The molecule has 0 saturated carbocycles. The molecule has 4 rings (SSSR count). The average Bonchev–Trinajstić information content (AvgIpc) is 2.89. The maximum atomic E-state index is 6.39. The highest BCUT2D eigenvalue weighted by Gasteiger charge is 2.11. The minimum atomic E-state index is 0.634. The Hall–Kier alpha value is -1.74. The summed E-state index contributed by atoms with van der Waals surface area (Å²) in [6.07, 6.45) is 1.91. The lowest BCUT2D eigenvalue weighted by molar-refractivity contribution is 1.40. The number of nitrogens with one attached hydrogen (secondary N) is 1. The lowest BCUT2D eigenvalue weighted by Gasteiger charge is -2.05. The Bertz CT molecular complexity index is 1020. The molecule has 0 unspecified atom stereocenters. The van der Waals surface area contributed by atoms with Gasteiger partial charge in [0, 0.05) is 38.1 Å². The third-order valence-electron chi connectivity index (χ3n) is 3.64. The Morgan fingerprint density at radius 2 is 1.59 bits per heavy atom. The van der Waals surface area contributed by atoms with Crippen LogP contribution in [-0.4, -0.2) is 9.97 Å². The maximum Gasteiger partial charge on any atom is 0.0746 e. The molecule has 0 bridgehead atoms. The molecule has 2 aromatic heterocycles. The molecule has 0 amide bonds. The van der Waals surface area contributed by atoms with Crippen LogP contribution in [0.1, 0.15) is 0 Å². The van der Waals surface area contributed by atoms with E-state index in [1.165, 1.54) is 0 Å². The van der Waals surface area contributed by atoms with Gasteiger partial charge >= 0.3 is 0 Å². The van der Waals surface area contributed by atoms with Crippen molar-refractivity contribution in [1.29, 1.82) is 0 Å². The van der Waals surface area contributed by atoms with E-state index >= 15 is 0 Å². The first-order valence-electron chi connectivity index (χ1n) is 6.64. The zero-order valence-electron chi connectivity index (χ0n) is 11.2. The van der Waals surface area contributed by atoms with Crippen molar-refractivity contribution < 1.29 is 0 Å². The second-order valence-corrected chi connectivity index (χ2v) is 6.32. The standard InChI is InChI=1S/C17H9Cl3N2/c18-9-2-4-15-12(5-9)13(8-21-15)17-7-14(20)11-3-1-10(19)6-16(11)22-17/h1-8,21H. The smallest absolute Gasteiger partial charge is 0.0746 e. The van der Waals surface area contributed by atoms with Crippen LogP contribution >= 0.6 is 34.8 Å². The van der Waals surface area contributed by atoms with Gasteiger partial charge in [-0.05, 0) is 42.5 Å². The van der Waals surface area contributed by atoms with E-state index in [1.54, 1.807) is 0 Å². The highest BCUT2D eigenvalue weighted by Crippen LogP contribution is 2.34. The Kier molecular flexibility index (Phi) is 3.26. The average molecular weight is 348 g/mol. The largest absolute Gasteiger partial charge is 0.360 e. The van der Waals surface area contributed by atoms with E-state index in [1.807, 2.05) is 48.7 Å². The van der Waals surface area contributed by atoms with Gasteiger partial charge in [-0.1, -0.05) is 34.8 Å². The van der Waals surface area contributed by atoms with Gasteiger partial charge in [0.15, 0.2) is 0 Å². The van der Waals surface area contributed by atoms with E-state index in [4.69, 9.17) is 34.8 Å². The Morgan fingerprint density at radius 1 is 0.818 bits per heavy atom. The number of benzene rings is 2. The molecule has 0 fully saturated rings. The number of halogens is 3. The van der Waals surface area contributed by atoms with Crippen LogP contribution in [0.4, 0.5) is 0 Å². The first-order chi connectivity index (χ1) is 10.6. The van der Waals surface area contributed by atoms with Gasteiger partial charge in [0.05, 0.1) is 16.2 Å². The van der Waals surface area contributed by atoms with Crippen LogP contribution in [0.3, 0.4) is 0 Å². The van der Waals surface area contributed by atoms with Crippen LogP contribution in [-0.2, 0) is 0 Å². The van der Waals surface area contributed by atoms with Crippen molar-refractivity contribution in [2.75, 3.05) is 0 Å². The second kappa shape index (κ2) is 5.17. The SMILES string of the molecule is Clc1ccc2c(Cl)cc(-c3c[nH]c4ccc(Cl)cc34)nc2c1. The van der Waals surface area contributed by atoms with Crippen molar-refractivity contribution in [2.24, 2.45) is 0 Å². The molecular formula is C17H9Cl3N2. The van der Waals surface area contributed by atoms with Crippen LogP contribution in [0.15, 0.2) is 48.7 Å². The number of nitrogens with zero attached hydrogens (tertiary/aromatic N) is 1. The highest BCUT2D eigenvalue weighted by molar-refractivity contribution is 6.36. The first-order valence-corrected chi connectivity index (χ1v) is 7.78. The van der Waals surface area contributed by atoms with E-state index in [0.717, 1.165) is 33.1 Å². The second-order valence-electron chi connectivity index (χ2n) is 5.04. The third kappa shape index (κ3) is 2.24. The van der Waals surface area contributed by atoms with Gasteiger partial charge in [0.2, 0.25) is 0 Å². The molecule has 5 heteroatoms. The Labute approximate surface area is 141 Å². The zero-order chi connectivity index (χ0) is 15.3. The number of hydrogen-bond acceptors (Lipinski definition) is 1. The topological polar surface area (TPSA) is 28.7 Å². The third-order valence-corrected chi connectivity index (χ3v) is 4.42. The van der Waals surface area contributed by atoms with Crippen LogP contribution in [0, 0.1) is 0 Å². The minimum absolute atomic E-state index is 0.634. The molecule has 4 aromatic rings. The van der Waals surface area contributed by atoms with E-state index in [2.05, 4.69) is 9.97 Å². The maximum absolute atomic E-state index is 6.39. The zero-order valence-corrected chi connectivity index (χ0v) is 13.5. The van der Waals surface area contributed by atoms with E-state index < -0.39 is 0 Å². The van der Waals surface area contributed by atoms with Gasteiger partial charge in [-0.3, -0.25) is 0 Å². The van der Waals surface area contributed by atoms with Crippen LogP contribution < -0.4 is 0 Å². The van der Waals surface area contributed by atoms with Gasteiger partial charge in [-0.2, -0.15) is 0 Å². The summed E-state index contributed by atoms with van der Waals surface area (Å²) in [4.78, 5) is 7.91. The van der Waals surface area contributed by atoms with Gasteiger partial charge in [0.25, 0.3) is 0 Å². The molecule has 0 aliphatic rings. The van der Waals surface area contributed by atoms with Crippen molar-refractivity contribution in [2.45, 2.75) is 0 Å². The molecule has 0 aliphatic heterocycles. The van der Waals surface area contributed by atoms with Gasteiger partial charge < -0.3 is 4.98 Å². The van der Waals surface area contributed by atoms with Crippen molar-refractivity contribution in [3.05, 3.63) is 63.7 Å². The fourth-order valence-corrected chi connectivity index (χ4v) is 3.20. The monoisotopic (exact) mass is 346 g/mol. The number of H-pyrrole nitrogens is 1. The van der Waals surface area contributed by atoms with E-state index in [-0.39, 0.29) is 0 Å². The molecule has 22 heavy (non-hydrogen) atoms. The minimum Gasteiger partial charge on any atom is -0.360 e. The quantitative estimate of drug-likeness (QED) is 0.427. The normalized spacial score (nSPS) is 11.4. The molecule has 2 heterocycles. The number of fused-ring (bicyclic) bond motifs is 2. The van der Waals surface area contributed by atoms with Crippen molar-refractivity contribution in [3.8, 4) is 11.3 Å². The van der Waals surface area contributed by atoms with Crippen molar-refractivity contribution in [3.63, 3.8) is 0 Å². The van der Waals surface area contributed by atoms with E-state index in [9.17, 15) is 0 Å².